The first kappa shape index (κ1) is 11.4. The van der Waals surface area contributed by atoms with Gasteiger partial charge in [-0.1, -0.05) is 11.3 Å². The summed E-state index contributed by atoms with van der Waals surface area (Å²) in [6.07, 6.45) is -6.12. The average molecular weight is 254 g/mol. The van der Waals surface area contributed by atoms with Crippen LogP contribution in [-0.2, 0) is 4.74 Å². The predicted octanol–water partition coefficient (Wildman–Crippen LogP) is 0.888. The number of aromatic nitrogens is 2. The smallest absolute Gasteiger partial charge is 0.374 e. The van der Waals surface area contributed by atoms with Crippen molar-refractivity contribution < 1.29 is 17.9 Å². The second-order valence-corrected chi connectivity index (χ2v) is 4.26. The summed E-state index contributed by atoms with van der Waals surface area (Å²) in [7, 11) is 0. The van der Waals surface area contributed by atoms with Gasteiger partial charge in [-0.05, 0) is 0 Å². The fourth-order valence-electron chi connectivity index (χ4n) is 1.38. The van der Waals surface area contributed by atoms with Gasteiger partial charge in [-0.2, -0.15) is 13.2 Å². The molecule has 1 aliphatic heterocycles. The summed E-state index contributed by atoms with van der Waals surface area (Å²) >= 11 is 1.07. The molecular weight excluding hydrogens is 245 g/mol. The number of alkyl halides is 3. The van der Waals surface area contributed by atoms with E-state index in [9.17, 15) is 13.2 Å². The van der Waals surface area contributed by atoms with Gasteiger partial charge in [0.15, 0.2) is 6.10 Å². The Morgan fingerprint density at radius 2 is 2.19 bits per heavy atom. The molecule has 0 spiro atoms. The van der Waals surface area contributed by atoms with Crippen molar-refractivity contribution in [2.45, 2.75) is 12.3 Å². The summed E-state index contributed by atoms with van der Waals surface area (Å²) < 4.78 is 41.9. The molecule has 1 aromatic heterocycles. The number of morpholine rings is 1. The number of halogens is 3. The zero-order valence-corrected chi connectivity index (χ0v) is 8.88. The first-order valence-corrected chi connectivity index (χ1v) is 5.30. The van der Waals surface area contributed by atoms with E-state index >= 15 is 0 Å². The Morgan fingerprint density at radius 3 is 2.75 bits per heavy atom. The number of nitrogens with two attached hydrogens (primary N) is 1. The summed E-state index contributed by atoms with van der Waals surface area (Å²) in [6.45, 7) is 0.114. The number of hydrogen-bond acceptors (Lipinski definition) is 6. The monoisotopic (exact) mass is 254 g/mol. The third-order valence-electron chi connectivity index (χ3n) is 2.13. The molecule has 2 N–H and O–H groups in total. The van der Waals surface area contributed by atoms with Crippen molar-refractivity contribution in [1.82, 2.24) is 10.2 Å². The molecule has 0 aliphatic carbocycles. The average Bonchev–Trinajstić information content (AvgIpc) is 2.64. The summed E-state index contributed by atoms with van der Waals surface area (Å²) in [5, 5.41) is 7.90. The molecular formula is C7H9F3N4OS. The second kappa shape index (κ2) is 4.06. The van der Waals surface area contributed by atoms with Gasteiger partial charge in [-0.15, -0.1) is 10.2 Å². The maximum Gasteiger partial charge on any atom is 0.416 e. The number of anilines is 2. The van der Waals surface area contributed by atoms with Gasteiger partial charge in [-0.25, -0.2) is 0 Å². The van der Waals surface area contributed by atoms with Gasteiger partial charge in [-0.3, -0.25) is 0 Å². The van der Waals surface area contributed by atoms with Crippen LogP contribution in [-0.4, -0.2) is 42.2 Å². The summed E-state index contributed by atoms with van der Waals surface area (Å²) in [4.78, 5) is 1.48. The maximum atomic E-state index is 12.4. The molecule has 16 heavy (non-hydrogen) atoms. The first-order chi connectivity index (χ1) is 7.47. The molecule has 9 heteroatoms. The van der Waals surface area contributed by atoms with Gasteiger partial charge in [0.25, 0.3) is 0 Å². The number of nitrogen functional groups attached to an aromatic ring is 1. The number of ether oxygens (including phenoxy) is 1. The minimum Gasteiger partial charge on any atom is -0.374 e. The van der Waals surface area contributed by atoms with Crippen LogP contribution in [0.3, 0.4) is 0 Å². The summed E-state index contributed by atoms with van der Waals surface area (Å²) in [5.74, 6) is 0. The topological polar surface area (TPSA) is 64.3 Å². The van der Waals surface area contributed by atoms with Crippen LogP contribution in [0.25, 0.3) is 0 Å². The Kier molecular flexibility index (Phi) is 2.89. The normalized spacial score (nSPS) is 22.4. The highest BCUT2D eigenvalue weighted by Gasteiger charge is 2.43. The van der Waals surface area contributed by atoms with Crippen molar-refractivity contribution in [3.05, 3.63) is 0 Å². The summed E-state index contributed by atoms with van der Waals surface area (Å²) in [5.41, 5.74) is 5.37. The van der Waals surface area contributed by atoms with Crippen LogP contribution in [0.2, 0.25) is 0 Å². The Bertz CT molecular complexity index is 369. The second-order valence-electron chi connectivity index (χ2n) is 3.27. The standard InChI is InChI=1S/C7H9F3N4OS/c8-7(9,10)4-3-14(1-2-15-4)6-13-12-5(11)16-6/h4H,1-3H2,(H2,11,12). The molecule has 5 nitrogen and oxygen atoms in total. The molecule has 1 atom stereocenters. The number of nitrogens with zero attached hydrogens (tertiary/aromatic N) is 3. The molecule has 1 aliphatic rings. The number of hydrogen-bond donors (Lipinski definition) is 1. The fraction of sp³-hybridized carbons (Fsp3) is 0.714. The molecule has 0 radical (unpaired) electrons. The van der Waals surface area contributed by atoms with E-state index in [0.29, 0.717) is 11.7 Å². The summed E-state index contributed by atoms with van der Waals surface area (Å²) in [6, 6.07) is 0. The zero-order valence-electron chi connectivity index (χ0n) is 8.07. The molecule has 1 aromatic rings. The molecule has 0 amide bonds. The molecule has 1 saturated heterocycles. The van der Waals surface area contributed by atoms with Crippen LogP contribution in [0.5, 0.6) is 0 Å². The molecule has 2 rings (SSSR count). The molecule has 2 heterocycles. The van der Waals surface area contributed by atoms with Crippen molar-refractivity contribution in [3.63, 3.8) is 0 Å². The SMILES string of the molecule is Nc1nnc(N2CCOC(C(F)(F)F)C2)s1. The Balaban J connectivity index is 2.07. The van der Waals surface area contributed by atoms with E-state index < -0.39 is 12.3 Å². The minimum atomic E-state index is -4.35. The van der Waals surface area contributed by atoms with Crippen molar-refractivity contribution >= 4 is 21.6 Å². The van der Waals surface area contributed by atoms with Crippen molar-refractivity contribution in [3.8, 4) is 0 Å². The van der Waals surface area contributed by atoms with Crippen molar-refractivity contribution in [2.24, 2.45) is 0 Å². The van der Waals surface area contributed by atoms with Crippen LogP contribution in [0.4, 0.5) is 23.4 Å². The van der Waals surface area contributed by atoms with E-state index in [4.69, 9.17) is 5.73 Å². The molecule has 90 valence electrons. The van der Waals surface area contributed by atoms with Crippen LogP contribution in [0.1, 0.15) is 0 Å². The van der Waals surface area contributed by atoms with E-state index in [2.05, 4.69) is 14.9 Å². The van der Waals surface area contributed by atoms with Crippen LogP contribution in [0.15, 0.2) is 0 Å². The maximum absolute atomic E-state index is 12.4. The lowest BCUT2D eigenvalue weighted by molar-refractivity contribution is -0.221. The van der Waals surface area contributed by atoms with Crippen LogP contribution in [0, 0.1) is 0 Å². The van der Waals surface area contributed by atoms with Gasteiger partial charge in [0.1, 0.15) is 0 Å². The highest BCUT2D eigenvalue weighted by Crippen LogP contribution is 2.29. The molecule has 1 fully saturated rings. The van der Waals surface area contributed by atoms with E-state index in [-0.39, 0.29) is 18.3 Å². The van der Waals surface area contributed by atoms with E-state index in [0.717, 1.165) is 11.3 Å². The fourth-order valence-corrected chi connectivity index (χ4v) is 2.02. The van der Waals surface area contributed by atoms with E-state index in [1.165, 1.54) is 4.90 Å². The first-order valence-electron chi connectivity index (χ1n) is 4.49. The third-order valence-corrected chi connectivity index (χ3v) is 2.95. The van der Waals surface area contributed by atoms with E-state index in [1.807, 2.05) is 0 Å². The van der Waals surface area contributed by atoms with Crippen LogP contribution < -0.4 is 10.6 Å². The molecule has 0 bridgehead atoms. The minimum absolute atomic E-state index is 0.0175. The van der Waals surface area contributed by atoms with Crippen molar-refractivity contribution in [1.29, 1.82) is 0 Å². The highest BCUT2D eigenvalue weighted by molar-refractivity contribution is 7.18. The molecule has 1 unspecified atom stereocenters. The predicted molar refractivity (Wildman–Crippen MR) is 52.3 cm³/mol. The lowest BCUT2D eigenvalue weighted by atomic mass is 10.3. The van der Waals surface area contributed by atoms with Gasteiger partial charge in [0.05, 0.1) is 13.2 Å². The lowest BCUT2D eigenvalue weighted by Crippen LogP contribution is -2.49. The largest absolute Gasteiger partial charge is 0.416 e. The zero-order chi connectivity index (χ0) is 11.8. The number of rotatable bonds is 1. The Hall–Kier alpha value is -1.09. The highest BCUT2D eigenvalue weighted by atomic mass is 32.1. The van der Waals surface area contributed by atoms with Gasteiger partial charge < -0.3 is 15.4 Å². The van der Waals surface area contributed by atoms with Gasteiger partial charge >= 0.3 is 6.18 Å². The van der Waals surface area contributed by atoms with Crippen LogP contribution >= 0.6 is 11.3 Å². The quantitative estimate of drug-likeness (QED) is 0.806. The van der Waals surface area contributed by atoms with Gasteiger partial charge in [0.2, 0.25) is 10.3 Å². The molecule has 0 saturated carbocycles. The third kappa shape index (κ3) is 2.35. The Labute approximate surface area is 93.0 Å². The Morgan fingerprint density at radius 1 is 1.44 bits per heavy atom. The molecule has 0 aromatic carbocycles. The van der Waals surface area contributed by atoms with Gasteiger partial charge in [0, 0.05) is 6.54 Å². The lowest BCUT2D eigenvalue weighted by Gasteiger charge is -2.33. The van der Waals surface area contributed by atoms with Crippen molar-refractivity contribution in [2.75, 3.05) is 30.3 Å². The van der Waals surface area contributed by atoms with E-state index in [1.54, 1.807) is 0 Å².